The Morgan fingerprint density at radius 3 is 2.43 bits per heavy atom. The van der Waals surface area contributed by atoms with Crippen LogP contribution in [-0.2, 0) is 0 Å². The maximum absolute atomic E-state index is 3.94. The summed E-state index contributed by atoms with van der Waals surface area (Å²) in [6.45, 7) is 13.5. The lowest BCUT2D eigenvalue weighted by atomic mass is 10.2. The zero-order valence-corrected chi connectivity index (χ0v) is 9.20. The molecular weight excluding hydrogens is 172 g/mol. The van der Waals surface area contributed by atoms with Crippen molar-refractivity contribution in [1.82, 2.24) is 9.55 Å². The molecule has 1 heterocycles. The monoisotopic (exact) mass is 190 g/mol. The Morgan fingerprint density at radius 2 is 2.07 bits per heavy atom. The molecule has 0 radical (unpaired) electrons. The third-order valence-corrected chi connectivity index (χ3v) is 1.41. The van der Waals surface area contributed by atoms with E-state index in [0.29, 0.717) is 0 Å². The van der Waals surface area contributed by atoms with Crippen LogP contribution in [0.3, 0.4) is 0 Å². The van der Waals surface area contributed by atoms with Crippen LogP contribution in [0, 0.1) is 0 Å². The molecule has 1 rings (SSSR count). The van der Waals surface area contributed by atoms with Crippen LogP contribution in [0.2, 0.25) is 0 Å². The molecule has 0 aliphatic carbocycles. The summed E-state index contributed by atoms with van der Waals surface area (Å²) in [6, 6.07) is 0. The predicted molar refractivity (Wildman–Crippen MR) is 62.9 cm³/mol. The molecule has 0 N–H and O–H groups in total. The van der Waals surface area contributed by atoms with Gasteiger partial charge in [0.25, 0.3) is 0 Å². The first kappa shape index (κ1) is 12.4. The van der Waals surface area contributed by atoms with Crippen LogP contribution >= 0.6 is 0 Å². The number of rotatable bonds is 3. The molecule has 0 aromatic carbocycles. The van der Waals surface area contributed by atoms with Gasteiger partial charge in [-0.05, 0) is 19.1 Å². The summed E-state index contributed by atoms with van der Waals surface area (Å²) in [4.78, 5) is 3.94. The highest BCUT2D eigenvalue weighted by Gasteiger charge is 1.92. The molecule has 76 valence electrons. The molecule has 0 aliphatic heterocycles. The Hall–Kier alpha value is -1.57. The lowest BCUT2D eigenvalue weighted by Gasteiger charge is -2.01. The Labute approximate surface area is 86.3 Å². The number of imidazole rings is 1. The van der Waals surface area contributed by atoms with Gasteiger partial charge in [-0.1, -0.05) is 32.6 Å². The third-order valence-electron chi connectivity index (χ3n) is 1.41. The van der Waals surface area contributed by atoms with Crippen molar-refractivity contribution >= 4 is 5.70 Å². The summed E-state index contributed by atoms with van der Waals surface area (Å²) in [7, 11) is 0. The Morgan fingerprint density at radius 1 is 1.43 bits per heavy atom. The molecule has 14 heavy (non-hydrogen) atoms. The molecule has 0 saturated heterocycles. The van der Waals surface area contributed by atoms with Gasteiger partial charge in [0.2, 0.25) is 0 Å². The molecule has 0 fully saturated rings. The van der Waals surface area contributed by atoms with Gasteiger partial charge < -0.3 is 4.57 Å². The van der Waals surface area contributed by atoms with Crippen molar-refractivity contribution in [2.75, 3.05) is 0 Å². The Bertz CT molecular complexity index is 305. The van der Waals surface area contributed by atoms with Crippen LogP contribution in [0.5, 0.6) is 0 Å². The Balaban J connectivity index is 0.000000791. The largest absolute Gasteiger partial charge is 0.306 e. The quantitative estimate of drug-likeness (QED) is 0.667. The topological polar surface area (TPSA) is 17.8 Å². The van der Waals surface area contributed by atoms with Crippen molar-refractivity contribution in [3.05, 3.63) is 49.6 Å². The average molecular weight is 190 g/mol. The predicted octanol–water partition coefficient (Wildman–Crippen LogP) is 3.51. The van der Waals surface area contributed by atoms with E-state index in [0.717, 1.165) is 11.3 Å². The molecule has 0 spiro atoms. The SMILES string of the molecule is C=C/C(=C\C(=C)C)n1ccnc1.CC. The average Bonchev–Trinajstić information content (AvgIpc) is 2.70. The van der Waals surface area contributed by atoms with Gasteiger partial charge in [-0.15, -0.1) is 0 Å². The minimum Gasteiger partial charge on any atom is -0.306 e. The van der Waals surface area contributed by atoms with Crippen molar-refractivity contribution < 1.29 is 0 Å². The van der Waals surface area contributed by atoms with E-state index in [9.17, 15) is 0 Å². The van der Waals surface area contributed by atoms with E-state index in [1.807, 2.05) is 37.6 Å². The van der Waals surface area contributed by atoms with Gasteiger partial charge in [-0.2, -0.15) is 0 Å². The van der Waals surface area contributed by atoms with E-state index in [1.54, 1.807) is 18.6 Å². The standard InChI is InChI=1S/C10H12N2.C2H6/c1-4-10(7-9(2)3)12-6-5-11-8-12;1-2/h4-8H,1-2H2,3H3;1-2H3/b10-7+;. The maximum Gasteiger partial charge on any atom is 0.0991 e. The highest BCUT2D eigenvalue weighted by molar-refractivity contribution is 5.59. The van der Waals surface area contributed by atoms with E-state index >= 15 is 0 Å². The molecule has 0 bridgehead atoms. The second-order valence-corrected chi connectivity index (χ2v) is 2.59. The lowest BCUT2D eigenvalue weighted by Crippen LogP contribution is -1.89. The minimum atomic E-state index is 0.986. The fourth-order valence-electron chi connectivity index (χ4n) is 0.903. The van der Waals surface area contributed by atoms with Crippen molar-refractivity contribution in [1.29, 1.82) is 0 Å². The number of aromatic nitrogens is 2. The van der Waals surface area contributed by atoms with Crippen molar-refractivity contribution in [3.8, 4) is 0 Å². The molecule has 0 amide bonds. The summed E-state index contributed by atoms with van der Waals surface area (Å²) >= 11 is 0. The molecule has 0 unspecified atom stereocenters. The molecule has 2 nitrogen and oxygen atoms in total. The molecule has 2 heteroatoms. The number of hydrogen-bond acceptors (Lipinski definition) is 1. The van der Waals surface area contributed by atoms with Crippen molar-refractivity contribution in [2.24, 2.45) is 0 Å². The second kappa shape index (κ2) is 6.89. The normalized spacial score (nSPS) is 10.1. The van der Waals surface area contributed by atoms with E-state index in [4.69, 9.17) is 0 Å². The summed E-state index contributed by atoms with van der Waals surface area (Å²) in [5, 5.41) is 0. The maximum atomic E-state index is 3.94. The van der Waals surface area contributed by atoms with Crippen LogP contribution in [0.25, 0.3) is 5.70 Å². The van der Waals surface area contributed by atoms with E-state index < -0.39 is 0 Å². The molecular formula is C12H18N2. The van der Waals surface area contributed by atoms with Crippen molar-refractivity contribution in [2.45, 2.75) is 20.8 Å². The summed E-state index contributed by atoms with van der Waals surface area (Å²) in [5.41, 5.74) is 1.98. The first-order valence-corrected chi connectivity index (χ1v) is 4.72. The summed E-state index contributed by atoms with van der Waals surface area (Å²) in [6.07, 6.45) is 9.06. The highest BCUT2D eigenvalue weighted by atomic mass is 15.0. The summed E-state index contributed by atoms with van der Waals surface area (Å²) < 4.78 is 1.89. The zero-order valence-electron chi connectivity index (χ0n) is 9.20. The zero-order chi connectivity index (χ0) is 11.0. The fourth-order valence-corrected chi connectivity index (χ4v) is 0.903. The van der Waals surface area contributed by atoms with Crippen LogP contribution in [0.15, 0.2) is 49.6 Å². The van der Waals surface area contributed by atoms with E-state index in [2.05, 4.69) is 18.1 Å². The van der Waals surface area contributed by atoms with Gasteiger partial charge in [-0.3, -0.25) is 0 Å². The van der Waals surface area contributed by atoms with Crippen LogP contribution in [-0.4, -0.2) is 9.55 Å². The van der Waals surface area contributed by atoms with Gasteiger partial charge in [0.1, 0.15) is 0 Å². The second-order valence-electron chi connectivity index (χ2n) is 2.59. The Kier molecular flexibility index (Phi) is 6.12. The first-order chi connectivity index (χ1) is 6.74. The number of allylic oxidation sites excluding steroid dienone is 4. The third kappa shape index (κ3) is 3.90. The molecule has 1 aromatic heterocycles. The van der Waals surface area contributed by atoms with Gasteiger partial charge >= 0.3 is 0 Å². The fraction of sp³-hybridized carbons (Fsp3) is 0.250. The van der Waals surface area contributed by atoms with Crippen LogP contribution in [0.1, 0.15) is 20.8 Å². The van der Waals surface area contributed by atoms with Gasteiger partial charge in [0.15, 0.2) is 0 Å². The van der Waals surface area contributed by atoms with Crippen LogP contribution in [0.4, 0.5) is 0 Å². The lowest BCUT2D eigenvalue weighted by molar-refractivity contribution is 1.10. The molecule has 0 atom stereocenters. The minimum absolute atomic E-state index is 0.986. The highest BCUT2D eigenvalue weighted by Crippen LogP contribution is 2.07. The van der Waals surface area contributed by atoms with Gasteiger partial charge in [0, 0.05) is 18.1 Å². The van der Waals surface area contributed by atoms with Crippen molar-refractivity contribution in [3.63, 3.8) is 0 Å². The van der Waals surface area contributed by atoms with E-state index in [1.165, 1.54) is 0 Å². The number of nitrogens with zero attached hydrogens (tertiary/aromatic N) is 2. The summed E-state index contributed by atoms with van der Waals surface area (Å²) in [5.74, 6) is 0. The molecule has 1 aromatic rings. The smallest absolute Gasteiger partial charge is 0.0991 e. The van der Waals surface area contributed by atoms with Gasteiger partial charge in [-0.25, -0.2) is 4.98 Å². The first-order valence-electron chi connectivity index (χ1n) is 4.72. The van der Waals surface area contributed by atoms with Gasteiger partial charge in [0.05, 0.1) is 6.33 Å². The van der Waals surface area contributed by atoms with Crippen LogP contribution < -0.4 is 0 Å². The molecule has 0 aliphatic rings. The van der Waals surface area contributed by atoms with E-state index in [-0.39, 0.29) is 0 Å². The molecule has 0 saturated carbocycles. The number of hydrogen-bond donors (Lipinski definition) is 0.